The number of hydrogen-bond acceptors (Lipinski definition) is 4. The first-order valence-corrected chi connectivity index (χ1v) is 11.6. The quantitative estimate of drug-likeness (QED) is 0.419. The predicted molar refractivity (Wildman–Crippen MR) is 123 cm³/mol. The van der Waals surface area contributed by atoms with Crippen LogP contribution in [0.25, 0.3) is 5.57 Å². The number of hydrogen-bond donors (Lipinski definition) is 3. The molecule has 0 spiro atoms. The van der Waals surface area contributed by atoms with E-state index in [4.69, 9.17) is 0 Å². The number of allylic oxidation sites excluding steroid dienone is 2. The molecule has 4 heteroatoms. The maximum Gasteiger partial charge on any atom is 0.0685 e. The van der Waals surface area contributed by atoms with Gasteiger partial charge in [0.25, 0.3) is 0 Å². The first-order valence-electron chi connectivity index (χ1n) is 10.8. The van der Waals surface area contributed by atoms with E-state index in [1.54, 1.807) is 0 Å². The van der Waals surface area contributed by atoms with Crippen LogP contribution in [0.2, 0.25) is 0 Å². The van der Waals surface area contributed by atoms with Crippen LogP contribution in [0.1, 0.15) is 79.3 Å². The van der Waals surface area contributed by atoms with Gasteiger partial charge in [0, 0.05) is 9.75 Å². The molecule has 1 heterocycles. The van der Waals surface area contributed by atoms with Crippen LogP contribution < -0.4 is 0 Å². The van der Waals surface area contributed by atoms with Crippen LogP contribution in [0.4, 0.5) is 0 Å². The molecule has 3 nitrogen and oxygen atoms in total. The fourth-order valence-electron chi connectivity index (χ4n) is 3.63. The zero-order valence-corrected chi connectivity index (χ0v) is 18.9. The summed E-state index contributed by atoms with van der Waals surface area (Å²) < 4.78 is 0. The maximum atomic E-state index is 10.5. The van der Waals surface area contributed by atoms with Crippen LogP contribution in [0.3, 0.4) is 0 Å². The fourth-order valence-corrected chi connectivity index (χ4v) is 4.74. The summed E-state index contributed by atoms with van der Waals surface area (Å²) >= 11 is 1.85. The third-order valence-corrected chi connectivity index (χ3v) is 7.17. The Balaban J connectivity index is 1.99. The summed E-state index contributed by atoms with van der Waals surface area (Å²) in [5, 5.41) is 29.3. The highest BCUT2D eigenvalue weighted by Gasteiger charge is 2.20. The number of aryl methyl sites for hydroxylation is 2. The molecule has 0 aliphatic carbocycles. The molecule has 0 aliphatic rings. The van der Waals surface area contributed by atoms with E-state index >= 15 is 0 Å². The molecular formula is C25H36O3S. The Morgan fingerprint density at radius 3 is 2.31 bits per heavy atom. The molecule has 2 aromatic rings. The normalized spacial score (nSPS) is 12.6. The third-order valence-electron chi connectivity index (χ3n) is 5.95. The van der Waals surface area contributed by atoms with Gasteiger partial charge in [-0.1, -0.05) is 45.0 Å². The molecule has 2 rings (SSSR count). The van der Waals surface area contributed by atoms with Gasteiger partial charge in [0.2, 0.25) is 0 Å². The van der Waals surface area contributed by atoms with Crippen molar-refractivity contribution in [1.82, 2.24) is 0 Å². The van der Waals surface area contributed by atoms with Crippen molar-refractivity contribution in [3.05, 3.63) is 62.9 Å². The fraction of sp³-hybridized carbons (Fsp3) is 0.520. The van der Waals surface area contributed by atoms with Gasteiger partial charge in [-0.3, -0.25) is 0 Å². The van der Waals surface area contributed by atoms with Gasteiger partial charge in [-0.25, -0.2) is 0 Å². The monoisotopic (exact) mass is 416 g/mol. The second kappa shape index (κ2) is 11.7. The number of aliphatic hydroxyl groups is 3. The van der Waals surface area contributed by atoms with E-state index in [-0.39, 0.29) is 13.2 Å². The minimum atomic E-state index is -0.533. The Morgan fingerprint density at radius 1 is 0.966 bits per heavy atom. The van der Waals surface area contributed by atoms with Crippen molar-refractivity contribution in [2.24, 2.45) is 0 Å². The zero-order chi connectivity index (χ0) is 21.3. The molecule has 0 aliphatic heterocycles. The number of aliphatic hydroxyl groups excluding tert-OH is 2. The largest absolute Gasteiger partial charge is 0.392 e. The summed E-state index contributed by atoms with van der Waals surface area (Å²) in [6.45, 7) is 6.23. The summed E-state index contributed by atoms with van der Waals surface area (Å²) in [6, 6.07) is 10.4. The van der Waals surface area contributed by atoms with E-state index in [2.05, 4.69) is 39.0 Å². The van der Waals surface area contributed by atoms with Gasteiger partial charge in [0.1, 0.15) is 0 Å². The molecule has 0 unspecified atom stereocenters. The van der Waals surface area contributed by atoms with Gasteiger partial charge < -0.3 is 15.3 Å². The lowest BCUT2D eigenvalue weighted by atomic mass is 9.91. The topological polar surface area (TPSA) is 60.7 Å². The second-order valence-corrected chi connectivity index (χ2v) is 8.91. The van der Waals surface area contributed by atoms with E-state index in [1.807, 2.05) is 29.5 Å². The highest BCUT2D eigenvalue weighted by molar-refractivity contribution is 7.13. The Morgan fingerprint density at radius 2 is 1.69 bits per heavy atom. The Bertz CT molecular complexity index is 787. The van der Waals surface area contributed by atoms with Gasteiger partial charge in [0.15, 0.2) is 0 Å². The average Bonchev–Trinajstić information content (AvgIpc) is 3.23. The van der Waals surface area contributed by atoms with Gasteiger partial charge in [0.05, 0.1) is 18.8 Å². The number of rotatable bonds is 12. The molecule has 0 amide bonds. The highest BCUT2D eigenvalue weighted by atomic mass is 32.1. The lowest BCUT2D eigenvalue weighted by molar-refractivity contribution is 0.0246. The Labute approximate surface area is 179 Å². The van der Waals surface area contributed by atoms with Crippen LogP contribution in [0.15, 0.2) is 36.4 Å². The summed E-state index contributed by atoms with van der Waals surface area (Å²) in [5.41, 5.74) is 3.63. The molecule has 0 saturated carbocycles. The molecule has 3 N–H and O–H groups in total. The van der Waals surface area contributed by atoms with Crippen LogP contribution in [-0.2, 0) is 26.1 Å². The lowest BCUT2D eigenvalue weighted by Crippen LogP contribution is -2.25. The van der Waals surface area contributed by atoms with E-state index in [0.717, 1.165) is 56.1 Å². The molecule has 0 radical (unpaired) electrons. The van der Waals surface area contributed by atoms with Crippen LogP contribution >= 0.6 is 11.3 Å². The summed E-state index contributed by atoms with van der Waals surface area (Å²) in [7, 11) is 0. The maximum absolute atomic E-state index is 10.5. The molecule has 29 heavy (non-hydrogen) atoms. The molecule has 160 valence electrons. The van der Waals surface area contributed by atoms with E-state index in [0.29, 0.717) is 0 Å². The molecule has 0 bridgehead atoms. The van der Waals surface area contributed by atoms with Crippen LogP contribution in [0, 0.1) is 0 Å². The summed E-state index contributed by atoms with van der Waals surface area (Å²) in [6.07, 6.45) is 8.53. The molecule has 0 fully saturated rings. The number of thiophene rings is 1. The standard InChI is InChI=1S/C25H36O3S/c1-4-20(8-7-15-25(28,5-2)6-3)24-14-13-23(29-24)12-10-19-9-11-21(17-26)22(16-19)18-27/h8-9,11,13-14,16,26-28H,4-7,10,12,15,17-18H2,1-3H3. The smallest absolute Gasteiger partial charge is 0.0685 e. The molecule has 0 atom stereocenters. The van der Waals surface area contributed by atoms with Gasteiger partial charge in [-0.15, -0.1) is 11.3 Å². The van der Waals surface area contributed by atoms with Crippen molar-refractivity contribution in [2.75, 3.05) is 0 Å². The minimum absolute atomic E-state index is 0.0372. The summed E-state index contributed by atoms with van der Waals surface area (Å²) in [4.78, 5) is 2.68. The van der Waals surface area contributed by atoms with Crippen molar-refractivity contribution in [3.8, 4) is 0 Å². The second-order valence-electron chi connectivity index (χ2n) is 7.74. The van der Waals surface area contributed by atoms with E-state index in [1.165, 1.54) is 20.9 Å². The summed E-state index contributed by atoms with van der Waals surface area (Å²) in [5.74, 6) is 0. The lowest BCUT2D eigenvalue weighted by Gasteiger charge is -2.24. The van der Waals surface area contributed by atoms with Crippen molar-refractivity contribution in [3.63, 3.8) is 0 Å². The van der Waals surface area contributed by atoms with Gasteiger partial charge in [-0.05, 0) is 79.3 Å². The van der Waals surface area contributed by atoms with Crippen molar-refractivity contribution >= 4 is 16.9 Å². The Kier molecular flexibility index (Phi) is 9.57. The van der Waals surface area contributed by atoms with E-state index in [9.17, 15) is 15.3 Å². The first kappa shape index (κ1) is 23.8. The van der Waals surface area contributed by atoms with E-state index < -0.39 is 5.60 Å². The molecular weight excluding hydrogens is 380 g/mol. The average molecular weight is 417 g/mol. The first-order chi connectivity index (χ1) is 14.0. The Hall–Kier alpha value is -1.46. The van der Waals surface area contributed by atoms with Gasteiger partial charge in [-0.2, -0.15) is 0 Å². The zero-order valence-electron chi connectivity index (χ0n) is 18.1. The van der Waals surface area contributed by atoms with Gasteiger partial charge >= 0.3 is 0 Å². The predicted octanol–water partition coefficient (Wildman–Crippen LogP) is 5.64. The number of benzene rings is 1. The SMILES string of the molecule is CCC(=CCCC(O)(CC)CC)c1ccc(CCc2ccc(CO)c(CO)c2)s1. The molecule has 1 aromatic heterocycles. The third kappa shape index (κ3) is 6.78. The van der Waals surface area contributed by atoms with Crippen molar-refractivity contribution < 1.29 is 15.3 Å². The van der Waals surface area contributed by atoms with Crippen molar-refractivity contribution in [2.45, 2.75) is 84.5 Å². The van der Waals surface area contributed by atoms with Crippen LogP contribution in [-0.4, -0.2) is 20.9 Å². The highest BCUT2D eigenvalue weighted by Crippen LogP contribution is 2.29. The molecule has 0 saturated heterocycles. The molecule has 1 aromatic carbocycles. The van der Waals surface area contributed by atoms with Crippen molar-refractivity contribution in [1.29, 1.82) is 0 Å². The van der Waals surface area contributed by atoms with Crippen LogP contribution in [0.5, 0.6) is 0 Å². The minimum Gasteiger partial charge on any atom is -0.392 e.